The fourth-order valence-corrected chi connectivity index (χ4v) is 2.91. The number of rotatable bonds is 6. The highest BCUT2D eigenvalue weighted by atomic mass is 31.2. The van der Waals surface area contributed by atoms with Crippen LogP contribution >= 0.6 is 7.82 Å². The summed E-state index contributed by atoms with van der Waals surface area (Å²) in [5.74, 6) is -0.00622. The van der Waals surface area contributed by atoms with Crippen molar-refractivity contribution >= 4 is 7.82 Å². The highest BCUT2D eigenvalue weighted by molar-refractivity contribution is 7.47. The van der Waals surface area contributed by atoms with E-state index in [0.717, 1.165) is 0 Å². The Morgan fingerprint density at radius 2 is 1.43 bits per heavy atom. The van der Waals surface area contributed by atoms with Gasteiger partial charge in [-0.3, -0.25) is 9.05 Å². The van der Waals surface area contributed by atoms with Gasteiger partial charge < -0.3 is 30.4 Å². The van der Waals surface area contributed by atoms with Crippen LogP contribution in [0.2, 0.25) is 0 Å². The van der Waals surface area contributed by atoms with Gasteiger partial charge in [0.1, 0.15) is 36.6 Å². The fourth-order valence-electron chi connectivity index (χ4n) is 1.84. The predicted molar refractivity (Wildman–Crippen MR) is 70.1 cm³/mol. The van der Waals surface area contributed by atoms with Crippen molar-refractivity contribution in [1.82, 2.24) is 0 Å². The first-order valence-electron chi connectivity index (χ1n) is 6.66. The third-order valence-corrected chi connectivity index (χ3v) is 4.53. The van der Waals surface area contributed by atoms with E-state index in [9.17, 15) is 35.0 Å². The number of phosphoric acid groups is 1. The maximum atomic E-state index is 11.8. The topological polar surface area (TPSA) is 157 Å². The van der Waals surface area contributed by atoms with Crippen molar-refractivity contribution in [1.29, 1.82) is 0 Å². The van der Waals surface area contributed by atoms with Gasteiger partial charge in [0.2, 0.25) is 0 Å². The van der Waals surface area contributed by atoms with Crippen LogP contribution in [0.4, 0.5) is 0 Å². The quantitative estimate of drug-likeness (QED) is 0.314. The average molecular weight is 330 g/mol. The zero-order valence-corrected chi connectivity index (χ0v) is 12.7. The molecule has 126 valence electrons. The van der Waals surface area contributed by atoms with Crippen molar-refractivity contribution in [3.63, 3.8) is 0 Å². The van der Waals surface area contributed by atoms with Gasteiger partial charge in [0.05, 0.1) is 6.61 Å². The van der Waals surface area contributed by atoms with Crippen molar-refractivity contribution in [3.8, 4) is 0 Å². The van der Waals surface area contributed by atoms with E-state index in [4.69, 9.17) is 4.52 Å². The van der Waals surface area contributed by atoms with E-state index in [1.54, 1.807) is 6.92 Å². The van der Waals surface area contributed by atoms with Crippen LogP contribution < -0.4 is 0 Å². The Labute approximate surface area is 122 Å². The Hall–Kier alpha value is -0.0900. The third kappa shape index (κ3) is 4.69. The monoisotopic (exact) mass is 330 g/mol. The first kappa shape index (κ1) is 19.0. The second-order valence-corrected chi connectivity index (χ2v) is 6.71. The molecular formula is C11H23O9P. The van der Waals surface area contributed by atoms with Crippen LogP contribution in [0.3, 0.4) is 0 Å². The van der Waals surface area contributed by atoms with E-state index in [0.29, 0.717) is 6.42 Å². The van der Waals surface area contributed by atoms with Crippen LogP contribution in [-0.2, 0) is 13.6 Å². The molecule has 0 aliphatic heterocycles. The molecule has 21 heavy (non-hydrogen) atoms. The molecule has 0 bridgehead atoms. The SMILES string of the molecule is CC[C@@H](C)COP(=O)(O)OC1C(O)C(O)C(O)C(O)C1O. The molecule has 0 saturated heterocycles. The molecule has 1 saturated carbocycles. The molecule has 1 aliphatic carbocycles. The summed E-state index contributed by atoms with van der Waals surface area (Å²) < 4.78 is 21.1. The Bertz CT molecular complexity index is 363. The van der Waals surface area contributed by atoms with E-state index >= 15 is 0 Å². The summed E-state index contributed by atoms with van der Waals surface area (Å²) in [6.07, 6.45) is -10.2. The minimum Gasteiger partial charge on any atom is -0.387 e. The molecule has 6 N–H and O–H groups in total. The molecule has 1 aliphatic rings. The zero-order valence-electron chi connectivity index (χ0n) is 11.8. The summed E-state index contributed by atoms with van der Waals surface area (Å²) >= 11 is 0. The molecule has 0 heterocycles. The molecule has 0 aromatic heterocycles. The molecule has 6 atom stereocenters. The number of hydrogen-bond donors (Lipinski definition) is 6. The fraction of sp³-hybridized carbons (Fsp3) is 1.00. The maximum absolute atomic E-state index is 11.8. The molecule has 0 radical (unpaired) electrons. The first-order valence-corrected chi connectivity index (χ1v) is 8.16. The molecule has 10 heteroatoms. The van der Waals surface area contributed by atoms with Gasteiger partial charge in [-0.15, -0.1) is 0 Å². The molecule has 5 unspecified atom stereocenters. The molecule has 0 aromatic carbocycles. The van der Waals surface area contributed by atoms with Gasteiger partial charge >= 0.3 is 7.82 Å². The van der Waals surface area contributed by atoms with Gasteiger partial charge in [0.15, 0.2) is 0 Å². The number of phosphoric ester groups is 1. The van der Waals surface area contributed by atoms with Crippen molar-refractivity contribution in [2.75, 3.05) is 6.61 Å². The Morgan fingerprint density at radius 3 is 1.86 bits per heavy atom. The minimum atomic E-state index is -4.60. The number of aliphatic hydroxyl groups is 5. The molecule has 1 rings (SSSR count). The maximum Gasteiger partial charge on any atom is 0.472 e. The molecule has 1 fully saturated rings. The zero-order chi connectivity index (χ0) is 16.4. The van der Waals surface area contributed by atoms with Crippen molar-refractivity contribution in [2.24, 2.45) is 5.92 Å². The molecule has 0 spiro atoms. The summed E-state index contributed by atoms with van der Waals surface area (Å²) in [5, 5.41) is 47.7. The van der Waals surface area contributed by atoms with E-state index in [2.05, 4.69) is 4.52 Å². The lowest BCUT2D eigenvalue weighted by molar-refractivity contribution is -0.220. The van der Waals surface area contributed by atoms with Crippen molar-refractivity contribution < 1.29 is 44.0 Å². The van der Waals surface area contributed by atoms with Crippen LogP contribution in [-0.4, -0.2) is 73.7 Å². The summed E-state index contributed by atoms with van der Waals surface area (Å²) in [5.41, 5.74) is 0. The highest BCUT2D eigenvalue weighted by Crippen LogP contribution is 2.47. The van der Waals surface area contributed by atoms with Gasteiger partial charge in [-0.25, -0.2) is 4.57 Å². The average Bonchev–Trinajstić information content (AvgIpc) is 2.45. The van der Waals surface area contributed by atoms with Crippen LogP contribution in [0, 0.1) is 5.92 Å². The van der Waals surface area contributed by atoms with Crippen LogP contribution in [0.15, 0.2) is 0 Å². The van der Waals surface area contributed by atoms with Crippen molar-refractivity contribution in [3.05, 3.63) is 0 Å². The van der Waals surface area contributed by atoms with Gasteiger partial charge in [-0.05, 0) is 5.92 Å². The van der Waals surface area contributed by atoms with E-state index in [-0.39, 0.29) is 12.5 Å². The van der Waals surface area contributed by atoms with Gasteiger partial charge in [-0.1, -0.05) is 20.3 Å². The summed E-state index contributed by atoms with van der Waals surface area (Å²) in [6, 6.07) is 0. The second-order valence-electron chi connectivity index (χ2n) is 5.30. The largest absolute Gasteiger partial charge is 0.472 e. The smallest absolute Gasteiger partial charge is 0.387 e. The van der Waals surface area contributed by atoms with Gasteiger partial charge in [0.25, 0.3) is 0 Å². The van der Waals surface area contributed by atoms with Gasteiger partial charge in [-0.2, -0.15) is 0 Å². The number of hydrogen-bond acceptors (Lipinski definition) is 8. The Kier molecular flexibility index (Phi) is 6.73. The van der Waals surface area contributed by atoms with Crippen LogP contribution in [0.25, 0.3) is 0 Å². The third-order valence-electron chi connectivity index (χ3n) is 3.55. The predicted octanol–water partition coefficient (Wildman–Crippen LogP) is -1.65. The van der Waals surface area contributed by atoms with E-state index < -0.39 is 44.4 Å². The van der Waals surface area contributed by atoms with E-state index in [1.165, 1.54) is 0 Å². The van der Waals surface area contributed by atoms with Gasteiger partial charge in [0, 0.05) is 0 Å². The summed E-state index contributed by atoms with van der Waals surface area (Å²) in [7, 11) is -4.60. The van der Waals surface area contributed by atoms with Crippen LogP contribution in [0.5, 0.6) is 0 Å². The first-order chi connectivity index (χ1) is 9.60. The lowest BCUT2D eigenvalue weighted by atomic mass is 9.85. The molecular weight excluding hydrogens is 307 g/mol. The van der Waals surface area contributed by atoms with Crippen LogP contribution in [0.1, 0.15) is 20.3 Å². The van der Waals surface area contributed by atoms with E-state index in [1.807, 2.05) is 6.92 Å². The number of aliphatic hydroxyl groups excluding tert-OH is 5. The van der Waals surface area contributed by atoms with Crippen molar-refractivity contribution in [2.45, 2.75) is 56.9 Å². The highest BCUT2D eigenvalue weighted by Gasteiger charge is 2.51. The Morgan fingerprint density at radius 1 is 1.00 bits per heavy atom. The Balaban J connectivity index is 2.72. The summed E-state index contributed by atoms with van der Waals surface area (Å²) in [6.45, 7) is 3.57. The molecule has 0 aromatic rings. The lowest BCUT2D eigenvalue weighted by Crippen LogP contribution is -2.64. The standard InChI is InChI=1S/C11H23O9P/c1-3-5(2)4-19-21(17,18)20-11-9(15)7(13)6(12)8(14)10(11)16/h5-16H,3-4H2,1-2H3,(H,17,18)/t5-,6?,7?,8?,9?,10?,11?/m1/s1. The summed E-state index contributed by atoms with van der Waals surface area (Å²) in [4.78, 5) is 9.55. The second kappa shape index (κ2) is 7.45. The molecule has 9 nitrogen and oxygen atoms in total. The normalized spacial score (nSPS) is 41.5. The lowest BCUT2D eigenvalue weighted by Gasteiger charge is -2.41. The minimum absolute atomic E-state index is 0.00622. The molecule has 0 amide bonds.